The second-order valence-electron chi connectivity index (χ2n) is 8.85. The zero-order valence-corrected chi connectivity index (χ0v) is 22.9. The lowest BCUT2D eigenvalue weighted by Gasteiger charge is -2.29. The SMILES string of the molecule is CC(C)CNC(=O)[C@@H](C)N(Cc1ccc(Br)cc1)C(=O)CCCN(c1ccccc1F)S(C)(=O)=O. The number of amides is 2. The molecular weight excluding hydrogens is 537 g/mol. The van der Waals surface area contributed by atoms with Crippen LogP contribution in [-0.4, -0.2) is 50.5 Å². The van der Waals surface area contributed by atoms with Gasteiger partial charge in [0.2, 0.25) is 21.8 Å². The van der Waals surface area contributed by atoms with Crippen molar-refractivity contribution in [2.24, 2.45) is 5.92 Å². The predicted molar refractivity (Wildman–Crippen MR) is 140 cm³/mol. The summed E-state index contributed by atoms with van der Waals surface area (Å²) in [6.07, 6.45) is 1.17. The van der Waals surface area contributed by atoms with Crippen molar-refractivity contribution in [1.29, 1.82) is 0 Å². The van der Waals surface area contributed by atoms with Gasteiger partial charge in [0.25, 0.3) is 0 Å². The summed E-state index contributed by atoms with van der Waals surface area (Å²) < 4.78 is 40.7. The summed E-state index contributed by atoms with van der Waals surface area (Å²) in [4.78, 5) is 27.5. The van der Waals surface area contributed by atoms with Gasteiger partial charge in [0.15, 0.2) is 0 Å². The number of rotatable bonds is 12. The van der Waals surface area contributed by atoms with E-state index in [9.17, 15) is 22.4 Å². The van der Waals surface area contributed by atoms with Gasteiger partial charge in [0.1, 0.15) is 11.9 Å². The lowest BCUT2D eigenvalue weighted by atomic mass is 10.1. The lowest BCUT2D eigenvalue weighted by molar-refractivity contribution is -0.140. The molecule has 2 aromatic carbocycles. The number of sulfonamides is 1. The summed E-state index contributed by atoms with van der Waals surface area (Å²) in [7, 11) is -3.76. The minimum atomic E-state index is -3.76. The topological polar surface area (TPSA) is 86.8 Å². The first-order chi connectivity index (χ1) is 16.4. The Morgan fingerprint density at radius 1 is 1.06 bits per heavy atom. The third kappa shape index (κ3) is 8.92. The molecule has 2 aromatic rings. The highest BCUT2D eigenvalue weighted by atomic mass is 79.9. The summed E-state index contributed by atoms with van der Waals surface area (Å²) in [6.45, 7) is 6.30. The third-order valence-electron chi connectivity index (χ3n) is 5.39. The number of anilines is 1. The number of carbonyl (C=O) groups excluding carboxylic acids is 2. The third-order valence-corrected chi connectivity index (χ3v) is 7.10. The largest absolute Gasteiger partial charge is 0.354 e. The highest BCUT2D eigenvalue weighted by Gasteiger charge is 2.27. The van der Waals surface area contributed by atoms with Gasteiger partial charge in [-0.3, -0.25) is 13.9 Å². The Morgan fingerprint density at radius 2 is 1.69 bits per heavy atom. The molecule has 192 valence electrons. The molecule has 0 radical (unpaired) electrons. The molecule has 0 aliphatic rings. The molecule has 0 aromatic heterocycles. The van der Waals surface area contributed by atoms with Crippen molar-refractivity contribution in [2.45, 2.75) is 46.2 Å². The molecule has 10 heteroatoms. The Kier molecular flexibility index (Phi) is 10.7. The van der Waals surface area contributed by atoms with Crippen molar-refractivity contribution in [2.75, 3.05) is 23.7 Å². The molecule has 1 atom stereocenters. The van der Waals surface area contributed by atoms with Crippen LogP contribution in [0.3, 0.4) is 0 Å². The van der Waals surface area contributed by atoms with Crippen LogP contribution in [0.5, 0.6) is 0 Å². The van der Waals surface area contributed by atoms with Gasteiger partial charge in [-0.05, 0) is 49.1 Å². The van der Waals surface area contributed by atoms with E-state index in [2.05, 4.69) is 21.2 Å². The van der Waals surface area contributed by atoms with Crippen LogP contribution in [-0.2, 0) is 26.2 Å². The molecule has 2 amide bonds. The molecule has 35 heavy (non-hydrogen) atoms. The van der Waals surface area contributed by atoms with E-state index in [0.717, 1.165) is 20.6 Å². The Labute approximate surface area is 215 Å². The minimum Gasteiger partial charge on any atom is -0.354 e. The summed E-state index contributed by atoms with van der Waals surface area (Å²) in [6, 6.07) is 12.4. The molecule has 1 N–H and O–H groups in total. The number of para-hydroxylation sites is 1. The number of hydrogen-bond donors (Lipinski definition) is 1. The molecule has 0 saturated carbocycles. The van der Waals surface area contributed by atoms with Crippen LogP contribution in [0.15, 0.2) is 53.0 Å². The Balaban J connectivity index is 2.16. The zero-order chi connectivity index (χ0) is 26.2. The van der Waals surface area contributed by atoms with E-state index < -0.39 is 21.9 Å². The highest BCUT2D eigenvalue weighted by Crippen LogP contribution is 2.22. The van der Waals surface area contributed by atoms with Crippen LogP contribution in [0.2, 0.25) is 0 Å². The zero-order valence-electron chi connectivity index (χ0n) is 20.5. The fourth-order valence-electron chi connectivity index (χ4n) is 3.46. The number of carbonyl (C=O) groups is 2. The number of benzene rings is 2. The van der Waals surface area contributed by atoms with E-state index >= 15 is 0 Å². The van der Waals surface area contributed by atoms with Gasteiger partial charge in [-0.25, -0.2) is 12.8 Å². The van der Waals surface area contributed by atoms with Crippen LogP contribution in [0.4, 0.5) is 10.1 Å². The second-order valence-corrected chi connectivity index (χ2v) is 11.7. The van der Waals surface area contributed by atoms with Crippen molar-refractivity contribution >= 4 is 43.5 Å². The lowest BCUT2D eigenvalue weighted by Crippen LogP contribution is -2.48. The van der Waals surface area contributed by atoms with E-state index in [1.807, 2.05) is 38.1 Å². The van der Waals surface area contributed by atoms with Crippen molar-refractivity contribution in [1.82, 2.24) is 10.2 Å². The number of hydrogen-bond acceptors (Lipinski definition) is 4. The first-order valence-electron chi connectivity index (χ1n) is 11.4. The van der Waals surface area contributed by atoms with Gasteiger partial charge in [0, 0.05) is 30.5 Å². The normalized spacial score (nSPS) is 12.3. The average molecular weight is 571 g/mol. The highest BCUT2D eigenvalue weighted by molar-refractivity contribution is 9.10. The van der Waals surface area contributed by atoms with Crippen molar-refractivity contribution < 1.29 is 22.4 Å². The number of nitrogens with one attached hydrogen (secondary N) is 1. The van der Waals surface area contributed by atoms with Gasteiger partial charge < -0.3 is 10.2 Å². The Hall–Kier alpha value is -2.46. The van der Waals surface area contributed by atoms with E-state index in [-0.39, 0.29) is 49.4 Å². The maximum absolute atomic E-state index is 14.2. The molecule has 0 aliphatic carbocycles. The molecule has 2 rings (SSSR count). The predicted octanol–water partition coefficient (Wildman–Crippen LogP) is 4.32. The van der Waals surface area contributed by atoms with Gasteiger partial charge >= 0.3 is 0 Å². The summed E-state index contributed by atoms with van der Waals surface area (Å²) in [5, 5.41) is 2.86. The summed E-state index contributed by atoms with van der Waals surface area (Å²) in [5.41, 5.74) is 0.796. The molecule has 0 heterocycles. The molecule has 0 fully saturated rings. The molecule has 0 saturated heterocycles. The maximum Gasteiger partial charge on any atom is 0.242 e. The average Bonchev–Trinajstić information content (AvgIpc) is 2.79. The number of nitrogens with zero attached hydrogens (tertiary/aromatic N) is 2. The van der Waals surface area contributed by atoms with E-state index in [1.54, 1.807) is 13.0 Å². The quantitative estimate of drug-likeness (QED) is 0.412. The molecule has 0 aliphatic heterocycles. The van der Waals surface area contributed by atoms with Crippen molar-refractivity contribution in [3.05, 3.63) is 64.4 Å². The monoisotopic (exact) mass is 569 g/mol. The van der Waals surface area contributed by atoms with E-state index in [1.165, 1.54) is 23.1 Å². The van der Waals surface area contributed by atoms with Gasteiger partial charge in [0.05, 0.1) is 11.9 Å². The van der Waals surface area contributed by atoms with Crippen molar-refractivity contribution in [3.63, 3.8) is 0 Å². The van der Waals surface area contributed by atoms with Crippen LogP contribution in [0.25, 0.3) is 0 Å². The fourth-order valence-corrected chi connectivity index (χ4v) is 4.69. The smallest absolute Gasteiger partial charge is 0.242 e. The van der Waals surface area contributed by atoms with Crippen LogP contribution >= 0.6 is 15.9 Å². The summed E-state index contributed by atoms with van der Waals surface area (Å²) >= 11 is 3.39. The maximum atomic E-state index is 14.2. The minimum absolute atomic E-state index is 0.00119. The van der Waals surface area contributed by atoms with Crippen molar-refractivity contribution in [3.8, 4) is 0 Å². The summed E-state index contributed by atoms with van der Waals surface area (Å²) in [5.74, 6) is -0.936. The van der Waals surface area contributed by atoms with Gasteiger partial charge in [-0.15, -0.1) is 0 Å². The molecule has 0 bridgehead atoms. The van der Waals surface area contributed by atoms with Crippen LogP contribution < -0.4 is 9.62 Å². The Morgan fingerprint density at radius 3 is 2.26 bits per heavy atom. The van der Waals surface area contributed by atoms with Crippen LogP contribution in [0, 0.1) is 11.7 Å². The van der Waals surface area contributed by atoms with Gasteiger partial charge in [-0.2, -0.15) is 0 Å². The standard InChI is InChI=1S/C25H33BrFN3O4S/c1-18(2)16-28-25(32)19(3)29(17-20-11-13-21(26)14-12-20)24(31)10-7-15-30(35(4,33)34)23-9-6-5-8-22(23)27/h5-6,8-9,11-14,18-19H,7,10,15-17H2,1-4H3,(H,28,32)/t19-/m1/s1. The molecule has 0 unspecified atom stereocenters. The van der Waals surface area contributed by atoms with Crippen LogP contribution in [0.1, 0.15) is 39.2 Å². The van der Waals surface area contributed by atoms with E-state index in [0.29, 0.717) is 6.54 Å². The first kappa shape index (κ1) is 28.8. The molecule has 0 spiro atoms. The van der Waals surface area contributed by atoms with E-state index in [4.69, 9.17) is 0 Å². The number of halogens is 2. The molecular formula is C25H33BrFN3O4S. The molecule has 7 nitrogen and oxygen atoms in total. The first-order valence-corrected chi connectivity index (χ1v) is 14.1. The van der Waals surface area contributed by atoms with Gasteiger partial charge in [-0.1, -0.05) is 54.0 Å². The second kappa shape index (κ2) is 13.0. The Bertz CT molecular complexity index is 1110. The fraction of sp³-hybridized carbons (Fsp3) is 0.440.